The zero-order chi connectivity index (χ0) is 13.6. The summed E-state index contributed by atoms with van der Waals surface area (Å²) in [6.45, 7) is 1.30. The number of carboxylic acid groups (broad SMARTS) is 1. The Balaban J connectivity index is 2.41. The molecular formula is C12H17NO4S. The fraction of sp³-hybridized carbons (Fsp3) is 0.417. The molecule has 0 aliphatic carbocycles. The van der Waals surface area contributed by atoms with Crippen molar-refractivity contribution in [2.75, 3.05) is 5.75 Å². The van der Waals surface area contributed by atoms with Crippen molar-refractivity contribution in [3.05, 3.63) is 35.9 Å². The van der Waals surface area contributed by atoms with Crippen LogP contribution in [-0.4, -0.2) is 31.3 Å². The number of sulfonamides is 1. The summed E-state index contributed by atoms with van der Waals surface area (Å²) in [6, 6.07) is 8.46. The Labute approximate surface area is 107 Å². The molecule has 0 fully saturated rings. The van der Waals surface area contributed by atoms with Gasteiger partial charge in [0.1, 0.15) is 6.04 Å². The number of benzene rings is 1. The third-order valence-electron chi connectivity index (χ3n) is 2.45. The van der Waals surface area contributed by atoms with Crippen LogP contribution in [-0.2, 0) is 21.2 Å². The van der Waals surface area contributed by atoms with Crippen LogP contribution in [0.25, 0.3) is 0 Å². The highest BCUT2D eigenvalue weighted by Crippen LogP contribution is 2.04. The lowest BCUT2D eigenvalue weighted by atomic mass is 10.1. The monoisotopic (exact) mass is 271 g/mol. The summed E-state index contributed by atoms with van der Waals surface area (Å²) in [4.78, 5) is 10.5. The van der Waals surface area contributed by atoms with Crippen molar-refractivity contribution < 1.29 is 18.3 Å². The minimum atomic E-state index is -3.53. The first-order valence-corrected chi connectivity index (χ1v) is 7.33. The van der Waals surface area contributed by atoms with Crippen molar-refractivity contribution in [3.8, 4) is 0 Å². The number of carboxylic acids is 1. The molecule has 0 amide bonds. The Morgan fingerprint density at radius 1 is 1.33 bits per heavy atom. The van der Waals surface area contributed by atoms with Gasteiger partial charge in [0.15, 0.2) is 0 Å². The zero-order valence-electron chi connectivity index (χ0n) is 10.2. The molecule has 1 aromatic rings. The number of aliphatic carboxylic acids is 1. The molecule has 0 saturated heterocycles. The van der Waals surface area contributed by atoms with Gasteiger partial charge in [-0.1, -0.05) is 30.3 Å². The molecule has 6 heteroatoms. The molecular weight excluding hydrogens is 254 g/mol. The summed E-state index contributed by atoms with van der Waals surface area (Å²) in [5, 5.41) is 8.62. The van der Waals surface area contributed by atoms with Gasteiger partial charge in [-0.3, -0.25) is 4.79 Å². The van der Waals surface area contributed by atoms with Gasteiger partial charge in [0, 0.05) is 0 Å². The number of hydrogen-bond acceptors (Lipinski definition) is 3. The van der Waals surface area contributed by atoms with E-state index in [1.807, 2.05) is 30.3 Å². The maximum absolute atomic E-state index is 11.6. The minimum absolute atomic E-state index is 0.0699. The highest BCUT2D eigenvalue weighted by atomic mass is 32.2. The van der Waals surface area contributed by atoms with Crippen molar-refractivity contribution in [2.45, 2.75) is 25.8 Å². The van der Waals surface area contributed by atoms with Gasteiger partial charge in [-0.2, -0.15) is 0 Å². The first-order valence-electron chi connectivity index (χ1n) is 5.67. The second-order valence-corrected chi connectivity index (χ2v) is 5.96. The van der Waals surface area contributed by atoms with Crippen LogP contribution in [0.1, 0.15) is 18.9 Å². The lowest BCUT2D eigenvalue weighted by molar-refractivity contribution is -0.138. The normalized spacial score (nSPS) is 13.2. The molecule has 100 valence electrons. The predicted octanol–water partition coefficient (Wildman–Crippen LogP) is 1.01. The van der Waals surface area contributed by atoms with Crippen LogP contribution in [0.3, 0.4) is 0 Å². The van der Waals surface area contributed by atoms with Gasteiger partial charge in [-0.15, -0.1) is 0 Å². The number of carbonyl (C=O) groups is 1. The first kappa shape index (κ1) is 14.7. The quantitative estimate of drug-likeness (QED) is 0.775. The van der Waals surface area contributed by atoms with Crippen LogP contribution >= 0.6 is 0 Å². The summed E-state index contributed by atoms with van der Waals surface area (Å²) in [6.07, 6.45) is 1.12. The molecule has 1 rings (SSSR count). The molecule has 5 nitrogen and oxygen atoms in total. The van der Waals surface area contributed by atoms with E-state index in [0.29, 0.717) is 12.8 Å². The van der Waals surface area contributed by atoms with Gasteiger partial charge in [0.2, 0.25) is 10.0 Å². The van der Waals surface area contributed by atoms with Crippen molar-refractivity contribution >= 4 is 16.0 Å². The highest BCUT2D eigenvalue weighted by molar-refractivity contribution is 7.89. The second-order valence-electron chi connectivity index (χ2n) is 4.09. The van der Waals surface area contributed by atoms with Crippen LogP contribution in [0.15, 0.2) is 30.3 Å². The van der Waals surface area contributed by atoms with Crippen LogP contribution < -0.4 is 4.72 Å². The molecule has 0 aliphatic heterocycles. The minimum Gasteiger partial charge on any atom is -0.480 e. The predicted molar refractivity (Wildman–Crippen MR) is 68.8 cm³/mol. The summed E-state index contributed by atoms with van der Waals surface area (Å²) in [7, 11) is -3.53. The molecule has 0 heterocycles. The van der Waals surface area contributed by atoms with Crippen LogP contribution in [0.5, 0.6) is 0 Å². The topological polar surface area (TPSA) is 83.5 Å². The van der Waals surface area contributed by atoms with Crippen LogP contribution in [0.2, 0.25) is 0 Å². The van der Waals surface area contributed by atoms with Gasteiger partial charge >= 0.3 is 5.97 Å². The molecule has 0 saturated carbocycles. The number of aryl methyl sites for hydroxylation is 1. The summed E-state index contributed by atoms with van der Waals surface area (Å²) in [5.41, 5.74) is 1.07. The Hall–Kier alpha value is -1.40. The number of hydrogen-bond donors (Lipinski definition) is 2. The molecule has 0 aliphatic rings. The average Bonchev–Trinajstić information content (AvgIpc) is 2.29. The van der Waals surface area contributed by atoms with Crippen molar-refractivity contribution in [2.24, 2.45) is 0 Å². The zero-order valence-corrected chi connectivity index (χ0v) is 11.0. The van der Waals surface area contributed by atoms with Crippen molar-refractivity contribution in [1.29, 1.82) is 0 Å². The van der Waals surface area contributed by atoms with Crippen LogP contribution in [0, 0.1) is 0 Å². The van der Waals surface area contributed by atoms with Crippen molar-refractivity contribution in [1.82, 2.24) is 4.72 Å². The van der Waals surface area contributed by atoms with Gasteiger partial charge < -0.3 is 5.11 Å². The van der Waals surface area contributed by atoms with E-state index in [1.165, 1.54) is 6.92 Å². The summed E-state index contributed by atoms with van der Waals surface area (Å²) < 4.78 is 25.2. The molecule has 18 heavy (non-hydrogen) atoms. The highest BCUT2D eigenvalue weighted by Gasteiger charge is 2.18. The summed E-state index contributed by atoms with van der Waals surface area (Å²) >= 11 is 0. The Morgan fingerprint density at radius 2 is 1.94 bits per heavy atom. The molecule has 0 spiro atoms. The maximum atomic E-state index is 11.6. The molecule has 0 radical (unpaired) electrons. The van der Waals surface area contributed by atoms with Crippen molar-refractivity contribution in [3.63, 3.8) is 0 Å². The van der Waals surface area contributed by atoms with E-state index < -0.39 is 22.0 Å². The smallest absolute Gasteiger partial charge is 0.321 e. The standard InChI is InChI=1S/C12H17NO4S/c1-10(12(14)15)13-18(16,17)9-5-8-11-6-3-2-4-7-11/h2-4,6-7,10,13H,5,8-9H2,1H3,(H,14,15). The maximum Gasteiger partial charge on any atom is 0.321 e. The van der Waals surface area contributed by atoms with Crippen LogP contribution in [0.4, 0.5) is 0 Å². The van der Waals surface area contributed by atoms with Gasteiger partial charge in [-0.25, -0.2) is 13.1 Å². The molecule has 1 aromatic carbocycles. The molecule has 0 aromatic heterocycles. The summed E-state index contributed by atoms with van der Waals surface area (Å²) in [5.74, 6) is -1.25. The SMILES string of the molecule is CC(NS(=O)(=O)CCCc1ccccc1)C(=O)O. The van der Waals surface area contributed by atoms with E-state index in [4.69, 9.17) is 5.11 Å². The Kier molecular flexibility index (Phi) is 5.30. The molecule has 1 atom stereocenters. The fourth-order valence-corrected chi connectivity index (χ4v) is 2.77. The average molecular weight is 271 g/mol. The molecule has 2 N–H and O–H groups in total. The molecule has 0 bridgehead atoms. The van der Waals surface area contributed by atoms with E-state index >= 15 is 0 Å². The third kappa shape index (κ3) is 5.29. The van der Waals surface area contributed by atoms with E-state index in [-0.39, 0.29) is 5.75 Å². The Bertz CT molecular complexity index is 484. The van der Waals surface area contributed by atoms with E-state index in [0.717, 1.165) is 5.56 Å². The Morgan fingerprint density at radius 3 is 2.50 bits per heavy atom. The lowest BCUT2D eigenvalue weighted by Gasteiger charge is -2.09. The number of nitrogens with one attached hydrogen (secondary N) is 1. The van der Waals surface area contributed by atoms with Gasteiger partial charge in [-0.05, 0) is 25.3 Å². The molecule has 1 unspecified atom stereocenters. The lowest BCUT2D eigenvalue weighted by Crippen LogP contribution is -2.39. The second kappa shape index (κ2) is 6.51. The first-order chi connectivity index (χ1) is 8.41. The number of rotatable bonds is 7. The van der Waals surface area contributed by atoms with E-state index in [1.54, 1.807) is 0 Å². The van der Waals surface area contributed by atoms with E-state index in [9.17, 15) is 13.2 Å². The van der Waals surface area contributed by atoms with Gasteiger partial charge in [0.25, 0.3) is 0 Å². The van der Waals surface area contributed by atoms with E-state index in [2.05, 4.69) is 4.72 Å². The third-order valence-corrected chi connectivity index (χ3v) is 3.99. The van der Waals surface area contributed by atoms with Gasteiger partial charge in [0.05, 0.1) is 5.75 Å². The largest absolute Gasteiger partial charge is 0.480 e. The fourth-order valence-electron chi connectivity index (χ4n) is 1.49.